The van der Waals surface area contributed by atoms with Crippen molar-refractivity contribution in [1.29, 1.82) is 0 Å². The Morgan fingerprint density at radius 3 is 1.73 bits per heavy atom. The zero-order chi connectivity index (χ0) is 48.5. The molecule has 17 nitrogen and oxygen atoms in total. The van der Waals surface area contributed by atoms with Crippen LogP contribution in [-0.4, -0.2) is 76.1 Å². The number of aliphatic hydroxyl groups is 1. The molecule has 0 unspecified atom stereocenters. The Morgan fingerprint density at radius 1 is 0.688 bits per heavy atom. The lowest BCUT2D eigenvalue weighted by molar-refractivity contribution is 0.300. The van der Waals surface area contributed by atoms with Gasteiger partial charge in [0, 0.05) is 32.4 Å². The van der Waals surface area contributed by atoms with Crippen LogP contribution in [0.3, 0.4) is 0 Å². The average Bonchev–Trinajstić information content (AvgIpc) is 3.24. The van der Waals surface area contributed by atoms with E-state index in [2.05, 4.69) is 80.8 Å². The van der Waals surface area contributed by atoms with Crippen molar-refractivity contribution in [1.82, 2.24) is 5.32 Å². The minimum Gasteiger partial charge on any atom is -0.395 e. The number of aryl methyl sites for hydroxylation is 1. The predicted octanol–water partition coefficient (Wildman–Crippen LogP) is 10.4. The summed E-state index contributed by atoms with van der Waals surface area (Å²) in [7, 11) is -6.97. The van der Waals surface area contributed by atoms with Gasteiger partial charge < -0.3 is 26.0 Å². The summed E-state index contributed by atoms with van der Waals surface area (Å²) in [5.41, 5.74) is 8.16. The standard InChI is InChI=1S/C37H46N10O7S2.2C3H8.C2H6/c1-7-47(8-2)30-14-20-33(44-43-28-10-15-31(16-11-28)55(49,50)51)36(24-30)42-37(40-26(4)38-21-22-48)41-27(5)39-35-23-25(3)9-19-34(35)45-46(6)29-12-17-32(18-13-29)56(52,53)54;2*1-3-2;1-2/h9-20,23-24,39,45,48H,5,7-8,21-22H2,1-4,6H3,(H,49,50,51)(H,52,53,54)(H2,38,40,41,42);2*3H2,1-2H3;1-2H3. The molecule has 4 aromatic carbocycles. The molecular formula is C45H68N10O7S2. The summed E-state index contributed by atoms with van der Waals surface area (Å²) >= 11 is 0. The molecule has 0 aliphatic rings. The number of amidine groups is 1. The number of aliphatic hydroxyl groups excluding tert-OH is 1. The molecular weight excluding hydrogens is 857 g/mol. The molecule has 7 N–H and O–H groups in total. The lowest BCUT2D eigenvalue weighted by atomic mass is 10.2. The summed E-state index contributed by atoms with van der Waals surface area (Å²) in [5.74, 6) is 0.746. The Bertz CT molecular complexity index is 2350. The van der Waals surface area contributed by atoms with E-state index in [0.29, 0.717) is 40.0 Å². The Kier molecular flexibility index (Phi) is 25.2. The molecule has 0 aliphatic carbocycles. The highest BCUT2D eigenvalue weighted by Crippen LogP contribution is 2.33. The molecule has 4 rings (SSSR count). The minimum atomic E-state index is -4.37. The molecule has 0 spiro atoms. The van der Waals surface area contributed by atoms with Crippen LogP contribution in [0.1, 0.15) is 80.7 Å². The van der Waals surface area contributed by atoms with Crippen LogP contribution >= 0.6 is 0 Å². The molecule has 0 amide bonds. The SMILES string of the molecule is C=C(/N=C(\N=C(/C)NCCO)Nc1cc(N(CC)CC)ccc1N=Nc1ccc(S(=O)(=O)O)cc1)Nc1cc(C)ccc1NN(C)c1ccc(S(=O)(=O)O)cc1.CC.CCC.CCC. The number of guanidine groups is 1. The van der Waals surface area contributed by atoms with Crippen molar-refractivity contribution in [2.75, 3.05) is 59.3 Å². The van der Waals surface area contributed by atoms with Crippen LogP contribution in [0, 0.1) is 6.92 Å². The Hall–Kier alpha value is -5.86. The number of anilines is 5. The van der Waals surface area contributed by atoms with Gasteiger partial charge in [-0.25, -0.2) is 4.99 Å². The topological polar surface area (TPSA) is 233 Å². The van der Waals surface area contributed by atoms with Gasteiger partial charge in [0.05, 0.1) is 44.8 Å². The third-order valence-electron chi connectivity index (χ3n) is 8.03. The van der Waals surface area contributed by atoms with Crippen molar-refractivity contribution in [3.05, 3.63) is 103 Å². The van der Waals surface area contributed by atoms with Crippen LogP contribution in [0.25, 0.3) is 0 Å². The van der Waals surface area contributed by atoms with Crippen LogP contribution in [0.5, 0.6) is 0 Å². The van der Waals surface area contributed by atoms with Crippen LogP contribution in [0.2, 0.25) is 0 Å². The minimum absolute atomic E-state index is 0.106. The highest BCUT2D eigenvalue weighted by molar-refractivity contribution is 7.86. The van der Waals surface area contributed by atoms with Crippen LogP contribution in [-0.2, 0) is 20.2 Å². The van der Waals surface area contributed by atoms with Gasteiger partial charge in [-0.15, -0.1) is 5.11 Å². The van der Waals surface area contributed by atoms with Gasteiger partial charge in [0.2, 0.25) is 5.96 Å². The second-order valence-electron chi connectivity index (χ2n) is 13.6. The fraction of sp³-hybridized carbons (Fsp3) is 0.378. The van der Waals surface area contributed by atoms with Gasteiger partial charge in [0.1, 0.15) is 17.3 Å². The lowest BCUT2D eigenvalue weighted by Crippen LogP contribution is -2.26. The number of aliphatic imine (C=N–C) groups is 2. The smallest absolute Gasteiger partial charge is 0.294 e. The molecule has 0 heterocycles. The summed E-state index contributed by atoms with van der Waals surface area (Å²) < 4.78 is 64.7. The van der Waals surface area contributed by atoms with E-state index in [4.69, 9.17) is 0 Å². The van der Waals surface area contributed by atoms with Gasteiger partial charge in [0.15, 0.2) is 0 Å². The van der Waals surface area contributed by atoms with Crippen LogP contribution in [0.15, 0.2) is 127 Å². The normalized spacial score (nSPS) is 11.5. The van der Waals surface area contributed by atoms with E-state index in [1.165, 1.54) is 49.2 Å². The maximum Gasteiger partial charge on any atom is 0.294 e. The van der Waals surface area contributed by atoms with Crippen LogP contribution < -0.4 is 31.3 Å². The first kappa shape index (κ1) is 56.2. The Morgan fingerprint density at radius 2 is 1.22 bits per heavy atom. The number of hydrogen-bond acceptors (Lipinski definition) is 12. The van der Waals surface area contributed by atoms with Gasteiger partial charge in [-0.1, -0.05) is 67.0 Å². The van der Waals surface area contributed by atoms with E-state index >= 15 is 0 Å². The van der Waals surface area contributed by atoms with Gasteiger partial charge >= 0.3 is 0 Å². The molecule has 0 fully saturated rings. The molecule has 352 valence electrons. The molecule has 64 heavy (non-hydrogen) atoms. The summed E-state index contributed by atoms with van der Waals surface area (Å²) in [6.07, 6.45) is 2.50. The maximum atomic E-state index is 11.5. The van der Waals surface area contributed by atoms with Gasteiger partial charge in [0.25, 0.3) is 20.2 Å². The molecule has 0 aliphatic heterocycles. The molecule has 0 atom stereocenters. The second kappa shape index (κ2) is 28.8. The van der Waals surface area contributed by atoms with Crippen molar-refractivity contribution < 1.29 is 31.0 Å². The first-order chi connectivity index (χ1) is 30.3. The highest BCUT2D eigenvalue weighted by atomic mass is 32.2. The van der Waals surface area contributed by atoms with Gasteiger partial charge in [-0.3, -0.25) is 19.5 Å². The molecule has 4 aromatic rings. The highest BCUT2D eigenvalue weighted by Gasteiger charge is 2.14. The summed E-state index contributed by atoms with van der Waals surface area (Å²) in [5, 5.41) is 29.3. The van der Waals surface area contributed by atoms with E-state index in [1.807, 2.05) is 65.0 Å². The largest absolute Gasteiger partial charge is 0.395 e. The van der Waals surface area contributed by atoms with Gasteiger partial charge in [-0.05, 0) is 112 Å². The second-order valence-corrected chi connectivity index (χ2v) is 16.5. The third-order valence-corrected chi connectivity index (χ3v) is 9.77. The molecule has 0 saturated carbocycles. The Labute approximate surface area is 381 Å². The average molecular weight is 925 g/mol. The first-order valence-electron chi connectivity index (χ1n) is 21.1. The van der Waals surface area contributed by atoms with Crippen molar-refractivity contribution in [2.24, 2.45) is 20.2 Å². The fourth-order valence-corrected chi connectivity index (χ4v) is 6.15. The van der Waals surface area contributed by atoms with Gasteiger partial charge in [-0.2, -0.15) is 26.9 Å². The number of rotatable bonds is 16. The number of nitrogens with one attached hydrogen (secondary N) is 4. The van der Waals surface area contributed by atoms with Crippen molar-refractivity contribution >= 4 is 71.8 Å². The number of azo groups is 1. The third kappa shape index (κ3) is 19.7. The quantitative estimate of drug-likeness (QED) is 0.0182. The zero-order valence-corrected chi connectivity index (χ0v) is 40.6. The zero-order valence-electron chi connectivity index (χ0n) is 39.0. The summed E-state index contributed by atoms with van der Waals surface area (Å²) in [6, 6.07) is 22.2. The molecule has 0 saturated heterocycles. The number of hydrogen-bond donors (Lipinski definition) is 7. The fourth-order valence-electron chi connectivity index (χ4n) is 5.19. The molecule has 19 heteroatoms. The first-order valence-corrected chi connectivity index (χ1v) is 24.0. The predicted molar refractivity (Wildman–Crippen MR) is 265 cm³/mol. The van der Waals surface area contributed by atoms with E-state index in [9.17, 15) is 31.0 Å². The summed E-state index contributed by atoms with van der Waals surface area (Å²) in [4.78, 5) is 11.0. The number of benzene rings is 4. The van der Waals surface area contributed by atoms with Crippen molar-refractivity contribution in [3.8, 4) is 0 Å². The maximum absolute atomic E-state index is 11.5. The Balaban J connectivity index is 0.00000239. The van der Waals surface area contributed by atoms with Crippen molar-refractivity contribution in [3.63, 3.8) is 0 Å². The number of nitrogens with zero attached hydrogens (tertiary/aromatic N) is 6. The monoisotopic (exact) mass is 924 g/mol. The van der Waals surface area contributed by atoms with E-state index in [-0.39, 0.29) is 34.7 Å². The van der Waals surface area contributed by atoms with E-state index < -0.39 is 20.2 Å². The summed E-state index contributed by atoms with van der Waals surface area (Å²) in [6.45, 7) is 25.9. The molecule has 0 radical (unpaired) electrons. The van der Waals surface area contributed by atoms with Crippen molar-refractivity contribution in [2.45, 2.75) is 91.9 Å². The molecule has 0 aromatic heterocycles. The van der Waals surface area contributed by atoms with E-state index in [0.717, 1.165) is 24.3 Å². The molecule has 0 bridgehead atoms. The van der Waals surface area contributed by atoms with Crippen LogP contribution in [0.4, 0.5) is 39.8 Å². The number of hydrazine groups is 1. The lowest BCUT2D eigenvalue weighted by Gasteiger charge is -2.24. The van der Waals surface area contributed by atoms with E-state index in [1.54, 1.807) is 37.2 Å².